The molecule has 1 rings (SSSR count). The first-order valence-electron chi connectivity index (χ1n) is 2.63. The Bertz CT molecular complexity index is 131. The van der Waals surface area contributed by atoms with Crippen LogP contribution in [-0.2, 0) is 0 Å². The summed E-state index contributed by atoms with van der Waals surface area (Å²) in [4.78, 5) is 0. The zero-order chi connectivity index (χ0) is 5.28. The maximum Gasteiger partial charge on any atom is 0 e. The quantitative estimate of drug-likeness (QED) is 0.409. The SMILES string of the molecule is CC1=CCC(C)=C1.[Li]. The largest absolute Gasteiger partial charge is 0.0775 e. The molecule has 0 spiro atoms. The second kappa shape index (κ2) is 3.17. The van der Waals surface area contributed by atoms with Gasteiger partial charge in [0.2, 0.25) is 0 Å². The van der Waals surface area contributed by atoms with Crippen LogP contribution in [0.15, 0.2) is 23.3 Å². The zero-order valence-corrected chi connectivity index (χ0v) is 5.86. The van der Waals surface area contributed by atoms with Gasteiger partial charge < -0.3 is 0 Å². The molecule has 1 radical (unpaired) electrons. The Kier molecular flexibility index (Phi) is 3.20. The van der Waals surface area contributed by atoms with Crippen molar-refractivity contribution in [1.82, 2.24) is 0 Å². The third-order valence-corrected chi connectivity index (χ3v) is 1.22. The summed E-state index contributed by atoms with van der Waals surface area (Å²) in [5.74, 6) is 0. The van der Waals surface area contributed by atoms with Crippen molar-refractivity contribution in [1.29, 1.82) is 0 Å². The maximum atomic E-state index is 2.25. The van der Waals surface area contributed by atoms with Crippen LogP contribution in [0.4, 0.5) is 0 Å². The summed E-state index contributed by atoms with van der Waals surface area (Å²) in [5.41, 5.74) is 2.90. The summed E-state index contributed by atoms with van der Waals surface area (Å²) < 4.78 is 0. The molecule has 8 heavy (non-hydrogen) atoms. The Morgan fingerprint density at radius 2 is 2.00 bits per heavy atom. The average Bonchev–Trinajstić information content (AvgIpc) is 1.87. The van der Waals surface area contributed by atoms with E-state index in [9.17, 15) is 0 Å². The predicted molar refractivity (Wildman–Crippen MR) is 37.9 cm³/mol. The molecule has 0 aromatic heterocycles. The average molecular weight is 101 g/mol. The molecule has 0 bridgehead atoms. The van der Waals surface area contributed by atoms with Crippen molar-refractivity contribution < 1.29 is 0 Å². The fraction of sp³-hybridized carbons (Fsp3) is 0.429. The van der Waals surface area contributed by atoms with Crippen LogP contribution >= 0.6 is 0 Å². The summed E-state index contributed by atoms with van der Waals surface area (Å²) in [5, 5.41) is 0. The Balaban J connectivity index is 0.000000490. The third kappa shape index (κ3) is 1.90. The van der Waals surface area contributed by atoms with Gasteiger partial charge in [-0.15, -0.1) is 0 Å². The van der Waals surface area contributed by atoms with Crippen molar-refractivity contribution in [2.75, 3.05) is 0 Å². The van der Waals surface area contributed by atoms with Gasteiger partial charge in [-0.25, -0.2) is 0 Å². The molecule has 0 aromatic carbocycles. The Morgan fingerprint density at radius 3 is 2.12 bits per heavy atom. The molecule has 0 unspecified atom stereocenters. The molecule has 0 saturated heterocycles. The van der Waals surface area contributed by atoms with E-state index in [4.69, 9.17) is 0 Å². The summed E-state index contributed by atoms with van der Waals surface area (Å²) in [6.45, 7) is 4.30. The van der Waals surface area contributed by atoms with Crippen molar-refractivity contribution in [3.63, 3.8) is 0 Å². The van der Waals surface area contributed by atoms with Crippen LogP contribution in [0.25, 0.3) is 0 Å². The molecule has 0 amide bonds. The van der Waals surface area contributed by atoms with Crippen LogP contribution in [-0.4, -0.2) is 18.9 Å². The van der Waals surface area contributed by atoms with E-state index in [1.165, 1.54) is 17.6 Å². The number of hydrogen-bond donors (Lipinski definition) is 0. The molecule has 0 N–H and O–H groups in total. The zero-order valence-electron chi connectivity index (χ0n) is 5.86. The molecule has 0 nitrogen and oxygen atoms in total. The molecular formula is C7H10Li. The molecule has 0 atom stereocenters. The monoisotopic (exact) mass is 101 g/mol. The molecule has 0 fully saturated rings. The van der Waals surface area contributed by atoms with Gasteiger partial charge in [-0.3, -0.25) is 0 Å². The van der Waals surface area contributed by atoms with Gasteiger partial charge in [0.1, 0.15) is 0 Å². The summed E-state index contributed by atoms with van der Waals surface area (Å²) in [7, 11) is 0. The van der Waals surface area contributed by atoms with Gasteiger partial charge in [0.25, 0.3) is 0 Å². The second-order valence-corrected chi connectivity index (χ2v) is 2.14. The van der Waals surface area contributed by atoms with Gasteiger partial charge in [0, 0.05) is 18.9 Å². The predicted octanol–water partition coefficient (Wildman–Crippen LogP) is 1.90. The summed E-state index contributed by atoms with van der Waals surface area (Å²) in [6, 6.07) is 0. The van der Waals surface area contributed by atoms with Gasteiger partial charge in [0.15, 0.2) is 0 Å². The molecular weight excluding hydrogens is 91.0 g/mol. The fourth-order valence-corrected chi connectivity index (χ4v) is 0.828. The first-order chi connectivity index (χ1) is 3.29. The smallest absolute Gasteiger partial charge is 0 e. The summed E-state index contributed by atoms with van der Waals surface area (Å²) >= 11 is 0. The van der Waals surface area contributed by atoms with Crippen molar-refractivity contribution in [2.24, 2.45) is 0 Å². The summed E-state index contributed by atoms with van der Waals surface area (Å²) in [6.07, 6.45) is 5.64. The number of allylic oxidation sites excluding steroid dienone is 4. The van der Waals surface area contributed by atoms with Gasteiger partial charge in [0.05, 0.1) is 0 Å². The van der Waals surface area contributed by atoms with Crippen LogP contribution in [0.3, 0.4) is 0 Å². The van der Waals surface area contributed by atoms with Crippen molar-refractivity contribution >= 4 is 18.9 Å². The minimum atomic E-state index is 0. The van der Waals surface area contributed by atoms with Crippen LogP contribution in [0.5, 0.6) is 0 Å². The molecule has 1 heteroatoms. The number of rotatable bonds is 0. The molecule has 39 valence electrons. The Labute approximate surface area is 62.8 Å². The van der Waals surface area contributed by atoms with E-state index in [1.54, 1.807) is 0 Å². The first-order valence-corrected chi connectivity index (χ1v) is 2.63. The Hall–Kier alpha value is 0.0774. The first kappa shape index (κ1) is 8.08. The van der Waals surface area contributed by atoms with E-state index in [1.807, 2.05) is 0 Å². The van der Waals surface area contributed by atoms with Crippen molar-refractivity contribution in [3.8, 4) is 0 Å². The minimum Gasteiger partial charge on any atom is -0.0775 e. The van der Waals surface area contributed by atoms with E-state index in [2.05, 4.69) is 26.0 Å². The van der Waals surface area contributed by atoms with E-state index in [0.717, 1.165) is 0 Å². The van der Waals surface area contributed by atoms with E-state index in [0.29, 0.717) is 0 Å². The fourth-order valence-electron chi connectivity index (χ4n) is 0.828. The van der Waals surface area contributed by atoms with Crippen LogP contribution < -0.4 is 0 Å². The van der Waals surface area contributed by atoms with Crippen LogP contribution in [0.2, 0.25) is 0 Å². The van der Waals surface area contributed by atoms with E-state index in [-0.39, 0.29) is 18.9 Å². The molecule has 0 aromatic rings. The number of hydrogen-bond acceptors (Lipinski definition) is 0. The normalized spacial score (nSPS) is 16.8. The maximum absolute atomic E-state index is 2.25. The Morgan fingerprint density at radius 1 is 1.38 bits per heavy atom. The van der Waals surface area contributed by atoms with Crippen LogP contribution in [0, 0.1) is 0 Å². The molecule has 0 saturated carbocycles. The van der Waals surface area contributed by atoms with E-state index >= 15 is 0 Å². The second-order valence-electron chi connectivity index (χ2n) is 2.14. The molecule has 0 heterocycles. The molecule has 0 aliphatic heterocycles. The van der Waals surface area contributed by atoms with Crippen molar-refractivity contribution in [2.45, 2.75) is 20.3 Å². The minimum absolute atomic E-state index is 0. The standard InChI is InChI=1S/C7H10.Li/c1-6-3-4-7(2)5-6;/h3,5H,4H2,1-2H3;. The third-order valence-electron chi connectivity index (χ3n) is 1.22. The van der Waals surface area contributed by atoms with Crippen LogP contribution in [0.1, 0.15) is 20.3 Å². The van der Waals surface area contributed by atoms with Gasteiger partial charge in [-0.05, 0) is 20.3 Å². The molecule has 1 aliphatic rings. The van der Waals surface area contributed by atoms with Gasteiger partial charge in [-0.1, -0.05) is 23.3 Å². The van der Waals surface area contributed by atoms with Crippen molar-refractivity contribution in [3.05, 3.63) is 23.3 Å². The molecule has 1 aliphatic carbocycles. The van der Waals surface area contributed by atoms with Gasteiger partial charge in [-0.2, -0.15) is 0 Å². The van der Waals surface area contributed by atoms with Gasteiger partial charge >= 0.3 is 0 Å². The van der Waals surface area contributed by atoms with E-state index < -0.39 is 0 Å². The topological polar surface area (TPSA) is 0 Å².